The number of hydrogen-bond donors (Lipinski definition) is 1. The second-order valence-electron chi connectivity index (χ2n) is 3.08. The Kier molecular flexibility index (Phi) is 2.98. The fraction of sp³-hybridized carbons (Fsp3) is 0.375. The third kappa shape index (κ3) is 2.40. The minimum atomic E-state index is -0.460. The summed E-state index contributed by atoms with van der Waals surface area (Å²) in [5.41, 5.74) is 3.49. The molecular formula is C8H12N4O2. The minimum Gasteiger partial charge on any atom is -0.298 e. The van der Waals surface area contributed by atoms with Gasteiger partial charge >= 0.3 is 5.69 Å². The van der Waals surface area contributed by atoms with Crippen LogP contribution in [0.15, 0.2) is 12.1 Å². The summed E-state index contributed by atoms with van der Waals surface area (Å²) < 4.78 is 0. The van der Waals surface area contributed by atoms with Crippen LogP contribution < -0.4 is 5.43 Å². The fourth-order valence-electron chi connectivity index (χ4n) is 0.991. The molecule has 0 atom stereocenters. The fourth-order valence-corrected chi connectivity index (χ4v) is 0.991. The Morgan fingerprint density at radius 2 is 2.14 bits per heavy atom. The summed E-state index contributed by atoms with van der Waals surface area (Å²) >= 11 is 0. The van der Waals surface area contributed by atoms with E-state index in [-0.39, 0.29) is 11.5 Å². The summed E-state index contributed by atoms with van der Waals surface area (Å²) in [6.45, 7) is 1.78. The van der Waals surface area contributed by atoms with Gasteiger partial charge in [-0.25, -0.2) is 9.99 Å². The van der Waals surface area contributed by atoms with Crippen LogP contribution in [0.5, 0.6) is 0 Å². The molecule has 14 heavy (non-hydrogen) atoms. The molecule has 0 spiro atoms. The Morgan fingerprint density at radius 1 is 1.50 bits per heavy atom. The van der Waals surface area contributed by atoms with Crippen molar-refractivity contribution in [2.24, 2.45) is 0 Å². The average Bonchev–Trinajstić information content (AvgIpc) is 2.01. The maximum absolute atomic E-state index is 10.6. The van der Waals surface area contributed by atoms with Crippen LogP contribution in [0.3, 0.4) is 0 Å². The highest BCUT2D eigenvalue weighted by Crippen LogP contribution is 2.21. The third-order valence-corrected chi connectivity index (χ3v) is 1.54. The quantitative estimate of drug-likeness (QED) is 0.580. The molecule has 0 aliphatic rings. The molecule has 6 heteroatoms. The van der Waals surface area contributed by atoms with Gasteiger partial charge in [0, 0.05) is 25.9 Å². The van der Waals surface area contributed by atoms with E-state index in [0.717, 1.165) is 5.69 Å². The summed E-state index contributed by atoms with van der Waals surface area (Å²) in [5, 5.41) is 12.2. The lowest BCUT2D eigenvalue weighted by Crippen LogP contribution is -2.21. The Balaban J connectivity index is 3.09. The maximum Gasteiger partial charge on any atom is 0.312 e. The molecule has 0 radical (unpaired) electrons. The van der Waals surface area contributed by atoms with Crippen molar-refractivity contribution in [1.29, 1.82) is 0 Å². The predicted octanol–water partition coefficient (Wildman–Crippen LogP) is 1.19. The van der Waals surface area contributed by atoms with Crippen molar-refractivity contribution in [3.05, 3.63) is 27.9 Å². The van der Waals surface area contributed by atoms with Crippen molar-refractivity contribution in [3.8, 4) is 0 Å². The maximum atomic E-state index is 10.6. The summed E-state index contributed by atoms with van der Waals surface area (Å²) in [5.74, 6) is 0.264. The standard InChI is InChI=1S/C8H12N4O2/c1-6-4-5-7(12(13)14)8(9-6)10-11(2)3/h4-5H,1-3H3,(H,9,10). The largest absolute Gasteiger partial charge is 0.312 e. The molecule has 76 valence electrons. The van der Waals surface area contributed by atoms with Gasteiger partial charge in [-0.05, 0) is 13.0 Å². The first-order chi connectivity index (χ1) is 6.50. The van der Waals surface area contributed by atoms with Crippen LogP contribution in [-0.4, -0.2) is 29.0 Å². The SMILES string of the molecule is Cc1ccc([N+](=O)[O-])c(NN(C)C)n1. The highest BCUT2D eigenvalue weighted by Gasteiger charge is 2.15. The van der Waals surface area contributed by atoms with Gasteiger partial charge in [0.15, 0.2) is 0 Å². The van der Waals surface area contributed by atoms with Crippen molar-refractivity contribution >= 4 is 11.5 Å². The molecule has 0 unspecified atom stereocenters. The number of pyridine rings is 1. The van der Waals surface area contributed by atoms with E-state index in [0.29, 0.717) is 0 Å². The second-order valence-corrected chi connectivity index (χ2v) is 3.08. The lowest BCUT2D eigenvalue weighted by Gasteiger charge is -2.12. The number of nitro groups is 1. The predicted molar refractivity (Wildman–Crippen MR) is 52.9 cm³/mol. The lowest BCUT2D eigenvalue weighted by molar-refractivity contribution is -0.384. The van der Waals surface area contributed by atoms with Crippen LogP contribution in [0, 0.1) is 17.0 Å². The monoisotopic (exact) mass is 196 g/mol. The first-order valence-corrected chi connectivity index (χ1v) is 4.06. The van der Waals surface area contributed by atoms with Crippen LogP contribution in [0.25, 0.3) is 0 Å². The van der Waals surface area contributed by atoms with E-state index in [2.05, 4.69) is 10.4 Å². The number of anilines is 1. The molecule has 0 aliphatic heterocycles. The van der Waals surface area contributed by atoms with Crippen molar-refractivity contribution < 1.29 is 4.92 Å². The molecule has 0 fully saturated rings. The molecular weight excluding hydrogens is 184 g/mol. The molecule has 1 rings (SSSR count). The zero-order chi connectivity index (χ0) is 10.7. The molecule has 1 heterocycles. The van der Waals surface area contributed by atoms with Gasteiger partial charge in [0.05, 0.1) is 4.92 Å². The molecule has 0 bridgehead atoms. The van der Waals surface area contributed by atoms with Crippen molar-refractivity contribution in [1.82, 2.24) is 9.99 Å². The van der Waals surface area contributed by atoms with Crippen LogP contribution >= 0.6 is 0 Å². The van der Waals surface area contributed by atoms with Gasteiger partial charge in [0.1, 0.15) is 0 Å². The average molecular weight is 196 g/mol. The van der Waals surface area contributed by atoms with E-state index in [1.54, 1.807) is 32.1 Å². The summed E-state index contributed by atoms with van der Waals surface area (Å²) in [4.78, 5) is 14.2. The number of aryl methyl sites for hydroxylation is 1. The zero-order valence-corrected chi connectivity index (χ0v) is 8.31. The molecule has 0 saturated carbocycles. The molecule has 0 aliphatic carbocycles. The van der Waals surface area contributed by atoms with Gasteiger partial charge in [-0.3, -0.25) is 15.5 Å². The molecule has 0 amide bonds. The highest BCUT2D eigenvalue weighted by molar-refractivity contribution is 5.55. The smallest absolute Gasteiger partial charge is 0.298 e. The van der Waals surface area contributed by atoms with Gasteiger partial charge < -0.3 is 0 Å². The normalized spacial score (nSPS) is 10.3. The van der Waals surface area contributed by atoms with E-state index in [9.17, 15) is 10.1 Å². The molecule has 0 aromatic carbocycles. The zero-order valence-electron chi connectivity index (χ0n) is 8.31. The Morgan fingerprint density at radius 3 is 2.64 bits per heavy atom. The number of rotatable bonds is 3. The number of aromatic nitrogens is 1. The van der Waals surface area contributed by atoms with Crippen LogP contribution in [0.2, 0.25) is 0 Å². The first kappa shape index (κ1) is 10.4. The van der Waals surface area contributed by atoms with E-state index in [1.165, 1.54) is 6.07 Å². The van der Waals surface area contributed by atoms with Crippen LogP contribution in [0.4, 0.5) is 11.5 Å². The minimum absolute atomic E-state index is 0.0238. The number of hydrogen-bond acceptors (Lipinski definition) is 5. The van der Waals surface area contributed by atoms with E-state index < -0.39 is 4.92 Å². The molecule has 1 aromatic heterocycles. The van der Waals surface area contributed by atoms with Crippen LogP contribution in [0.1, 0.15) is 5.69 Å². The van der Waals surface area contributed by atoms with Crippen molar-refractivity contribution in [2.45, 2.75) is 6.92 Å². The molecule has 0 saturated heterocycles. The third-order valence-electron chi connectivity index (χ3n) is 1.54. The lowest BCUT2D eigenvalue weighted by atomic mass is 10.3. The van der Waals surface area contributed by atoms with Gasteiger partial charge in [-0.1, -0.05) is 0 Å². The van der Waals surface area contributed by atoms with Gasteiger partial charge in [-0.2, -0.15) is 0 Å². The van der Waals surface area contributed by atoms with E-state index in [1.807, 2.05) is 0 Å². The Hall–Kier alpha value is -1.69. The van der Waals surface area contributed by atoms with Gasteiger partial charge in [0.25, 0.3) is 0 Å². The number of nitrogens with one attached hydrogen (secondary N) is 1. The second kappa shape index (κ2) is 4.01. The van der Waals surface area contributed by atoms with Crippen LogP contribution in [-0.2, 0) is 0 Å². The molecule has 1 aromatic rings. The van der Waals surface area contributed by atoms with Gasteiger partial charge in [0.2, 0.25) is 5.82 Å². The van der Waals surface area contributed by atoms with E-state index >= 15 is 0 Å². The van der Waals surface area contributed by atoms with Crippen molar-refractivity contribution in [3.63, 3.8) is 0 Å². The van der Waals surface area contributed by atoms with E-state index in [4.69, 9.17) is 0 Å². The topological polar surface area (TPSA) is 71.3 Å². The Bertz CT molecular complexity index is 351. The molecule has 1 N–H and O–H groups in total. The number of hydrazine groups is 1. The Labute approximate surface area is 81.7 Å². The summed E-state index contributed by atoms with van der Waals surface area (Å²) in [6, 6.07) is 3.05. The summed E-state index contributed by atoms with van der Waals surface area (Å²) in [6.07, 6.45) is 0. The highest BCUT2D eigenvalue weighted by atomic mass is 16.6. The van der Waals surface area contributed by atoms with Gasteiger partial charge in [-0.15, -0.1) is 0 Å². The number of nitrogens with zero attached hydrogens (tertiary/aromatic N) is 3. The molecule has 6 nitrogen and oxygen atoms in total. The summed E-state index contributed by atoms with van der Waals surface area (Å²) in [7, 11) is 3.49. The first-order valence-electron chi connectivity index (χ1n) is 4.06. The van der Waals surface area contributed by atoms with Crippen molar-refractivity contribution in [2.75, 3.05) is 19.5 Å².